The third kappa shape index (κ3) is 7.25. The van der Waals surface area contributed by atoms with Crippen molar-refractivity contribution < 1.29 is 23.7 Å². The number of rotatable bonds is 12. The van der Waals surface area contributed by atoms with Crippen LogP contribution in [0.3, 0.4) is 0 Å². The van der Waals surface area contributed by atoms with Crippen molar-refractivity contribution in [1.29, 1.82) is 0 Å². The summed E-state index contributed by atoms with van der Waals surface area (Å²) in [5, 5.41) is 0.688. The maximum Gasteiger partial charge on any atom is 0.260 e. The maximum absolute atomic E-state index is 14.0. The first-order chi connectivity index (χ1) is 17.6. The summed E-state index contributed by atoms with van der Waals surface area (Å²) >= 11 is 1.53. The molecular weight excluding hydrogens is 514 g/mol. The van der Waals surface area contributed by atoms with Gasteiger partial charge in [0.25, 0.3) is 5.91 Å². The van der Waals surface area contributed by atoms with Crippen LogP contribution in [0.1, 0.15) is 37.6 Å². The van der Waals surface area contributed by atoms with E-state index in [2.05, 4.69) is 4.90 Å². The van der Waals surface area contributed by atoms with Crippen LogP contribution in [0, 0.1) is 0 Å². The third-order valence-corrected chi connectivity index (χ3v) is 6.93. The molecule has 2 aromatic carbocycles. The van der Waals surface area contributed by atoms with Crippen molar-refractivity contribution in [2.45, 2.75) is 27.2 Å². The van der Waals surface area contributed by atoms with Crippen LogP contribution in [0.2, 0.25) is 0 Å². The average Bonchev–Trinajstić information content (AvgIpc) is 3.33. The number of para-hydroxylation sites is 1. The lowest BCUT2D eigenvalue weighted by atomic mass is 10.1. The summed E-state index contributed by atoms with van der Waals surface area (Å²) in [5.74, 6) is 1.40. The highest BCUT2D eigenvalue weighted by Gasteiger charge is 2.25. The van der Waals surface area contributed by atoms with Gasteiger partial charge >= 0.3 is 0 Å². The molecule has 1 aliphatic rings. The molecule has 0 aliphatic carbocycles. The molecule has 4 rings (SSSR count). The Morgan fingerprint density at radius 3 is 2.30 bits per heavy atom. The van der Waals surface area contributed by atoms with Gasteiger partial charge in [-0.2, -0.15) is 0 Å². The minimum absolute atomic E-state index is 0. The molecule has 8 nitrogen and oxygen atoms in total. The second-order valence-electron chi connectivity index (χ2n) is 8.33. The molecule has 1 saturated heterocycles. The van der Waals surface area contributed by atoms with Gasteiger partial charge in [-0.3, -0.25) is 14.6 Å². The summed E-state index contributed by atoms with van der Waals surface area (Å²) in [5.41, 5.74) is 1.37. The van der Waals surface area contributed by atoms with Crippen LogP contribution in [0.5, 0.6) is 17.2 Å². The molecule has 1 amide bonds. The number of anilines is 1. The Labute approximate surface area is 228 Å². The molecule has 0 atom stereocenters. The van der Waals surface area contributed by atoms with E-state index in [4.69, 9.17) is 23.9 Å². The number of ether oxygens (including phenoxy) is 4. The van der Waals surface area contributed by atoms with Crippen LogP contribution < -0.4 is 19.1 Å². The van der Waals surface area contributed by atoms with E-state index in [0.717, 1.165) is 49.5 Å². The molecular formula is C27H36ClN3O5S. The predicted octanol–water partition coefficient (Wildman–Crippen LogP) is 5.28. The van der Waals surface area contributed by atoms with E-state index >= 15 is 0 Å². The van der Waals surface area contributed by atoms with Crippen molar-refractivity contribution in [2.24, 2.45) is 0 Å². The number of fused-ring (bicyclic) bond motifs is 1. The highest BCUT2D eigenvalue weighted by atomic mass is 35.5. The number of aromatic nitrogens is 1. The molecule has 1 aromatic heterocycles. The van der Waals surface area contributed by atoms with Gasteiger partial charge in [0.05, 0.1) is 43.3 Å². The van der Waals surface area contributed by atoms with Crippen LogP contribution in [0.4, 0.5) is 5.13 Å². The Hall–Kier alpha value is -2.59. The molecule has 202 valence electrons. The van der Waals surface area contributed by atoms with E-state index in [-0.39, 0.29) is 18.3 Å². The minimum Gasteiger partial charge on any atom is -0.490 e. The molecule has 0 radical (unpaired) electrons. The van der Waals surface area contributed by atoms with E-state index in [0.29, 0.717) is 54.3 Å². The highest BCUT2D eigenvalue weighted by Crippen LogP contribution is 2.40. The number of halogens is 1. The zero-order valence-electron chi connectivity index (χ0n) is 21.7. The Morgan fingerprint density at radius 2 is 1.68 bits per heavy atom. The van der Waals surface area contributed by atoms with Crippen molar-refractivity contribution in [3.8, 4) is 17.2 Å². The van der Waals surface area contributed by atoms with Crippen molar-refractivity contribution in [3.05, 3.63) is 42.0 Å². The van der Waals surface area contributed by atoms with Crippen molar-refractivity contribution in [3.63, 3.8) is 0 Å². The Kier molecular flexibility index (Phi) is 11.3. The number of benzene rings is 2. The molecule has 1 aliphatic heterocycles. The minimum atomic E-state index is -0.138. The van der Waals surface area contributed by atoms with Gasteiger partial charge in [-0.1, -0.05) is 23.5 Å². The van der Waals surface area contributed by atoms with Crippen LogP contribution >= 0.6 is 23.7 Å². The Balaban J connectivity index is 0.00000380. The summed E-state index contributed by atoms with van der Waals surface area (Å²) < 4.78 is 24.1. The largest absolute Gasteiger partial charge is 0.490 e. The normalized spacial score (nSPS) is 13.7. The molecule has 10 heteroatoms. The SMILES string of the molecule is CCOc1cc(C(=O)N(CCCN2CCOCC2)c2nc3ccccc3s2)cc(OCC)c1OCC.Cl. The molecule has 0 bridgehead atoms. The van der Waals surface area contributed by atoms with Gasteiger partial charge in [-0.25, -0.2) is 4.98 Å². The number of hydrogen-bond donors (Lipinski definition) is 0. The van der Waals surface area contributed by atoms with E-state index in [1.165, 1.54) is 11.3 Å². The van der Waals surface area contributed by atoms with E-state index in [1.54, 1.807) is 17.0 Å². The topological polar surface area (TPSA) is 73.4 Å². The summed E-state index contributed by atoms with van der Waals surface area (Å²) in [6.45, 7) is 11.9. The number of nitrogens with zero attached hydrogens (tertiary/aromatic N) is 3. The Bertz CT molecular complexity index is 1090. The predicted molar refractivity (Wildman–Crippen MR) is 150 cm³/mol. The highest BCUT2D eigenvalue weighted by molar-refractivity contribution is 7.22. The van der Waals surface area contributed by atoms with Crippen LogP contribution in [-0.4, -0.2) is 75.0 Å². The number of amides is 1. The summed E-state index contributed by atoms with van der Waals surface area (Å²) in [4.78, 5) is 22.9. The van der Waals surface area contributed by atoms with Gasteiger partial charge in [-0.15, -0.1) is 12.4 Å². The number of thiazole rings is 1. The first-order valence-corrected chi connectivity index (χ1v) is 13.5. The fourth-order valence-corrected chi connectivity index (χ4v) is 5.19. The summed E-state index contributed by atoms with van der Waals surface area (Å²) in [6, 6.07) is 11.5. The zero-order chi connectivity index (χ0) is 25.3. The van der Waals surface area contributed by atoms with Gasteiger partial charge in [0.1, 0.15) is 0 Å². The fraction of sp³-hybridized carbons (Fsp3) is 0.481. The van der Waals surface area contributed by atoms with Crippen LogP contribution in [-0.2, 0) is 4.74 Å². The van der Waals surface area contributed by atoms with Crippen LogP contribution in [0.15, 0.2) is 36.4 Å². The first kappa shape index (κ1) is 29.0. The van der Waals surface area contributed by atoms with Gasteiger partial charge < -0.3 is 18.9 Å². The average molecular weight is 550 g/mol. The summed E-state index contributed by atoms with van der Waals surface area (Å²) in [7, 11) is 0. The standard InChI is InChI=1S/C27H35N3O5S.ClH/c1-4-33-22-18-20(19-23(34-5-2)25(22)35-6-3)26(31)30(13-9-12-29-14-16-32-17-15-29)27-28-21-10-7-8-11-24(21)36-27;/h7-8,10-11,18-19H,4-6,9,12-17H2,1-3H3;1H. The number of hydrogen-bond acceptors (Lipinski definition) is 8. The quantitative estimate of drug-likeness (QED) is 0.304. The molecule has 0 N–H and O–H groups in total. The third-order valence-electron chi connectivity index (χ3n) is 5.87. The van der Waals surface area contributed by atoms with E-state index < -0.39 is 0 Å². The lowest BCUT2D eigenvalue weighted by Gasteiger charge is -2.28. The number of carbonyl (C=O) groups is 1. The molecule has 2 heterocycles. The maximum atomic E-state index is 14.0. The Morgan fingerprint density at radius 1 is 1.03 bits per heavy atom. The monoisotopic (exact) mass is 549 g/mol. The zero-order valence-corrected chi connectivity index (χ0v) is 23.4. The summed E-state index contributed by atoms with van der Waals surface area (Å²) in [6.07, 6.45) is 0.829. The van der Waals surface area contributed by atoms with Gasteiger partial charge in [0.15, 0.2) is 16.6 Å². The lowest BCUT2D eigenvalue weighted by molar-refractivity contribution is 0.0376. The number of morpholine rings is 1. The smallest absolute Gasteiger partial charge is 0.260 e. The molecule has 37 heavy (non-hydrogen) atoms. The van der Waals surface area contributed by atoms with Crippen molar-refractivity contribution in [2.75, 3.05) is 64.1 Å². The lowest BCUT2D eigenvalue weighted by Crippen LogP contribution is -2.39. The number of carbonyl (C=O) groups excluding carboxylic acids is 1. The second kappa shape index (κ2) is 14.4. The van der Waals surface area contributed by atoms with E-state index in [9.17, 15) is 4.79 Å². The molecule has 1 fully saturated rings. The fourth-order valence-electron chi connectivity index (χ4n) is 4.20. The molecule has 3 aromatic rings. The van der Waals surface area contributed by atoms with Crippen molar-refractivity contribution >= 4 is 45.0 Å². The molecule has 0 unspecified atom stereocenters. The molecule has 0 spiro atoms. The van der Waals surface area contributed by atoms with E-state index in [1.807, 2.05) is 45.0 Å². The van der Waals surface area contributed by atoms with Crippen molar-refractivity contribution in [1.82, 2.24) is 9.88 Å². The second-order valence-corrected chi connectivity index (χ2v) is 9.34. The van der Waals surface area contributed by atoms with Gasteiger partial charge in [0.2, 0.25) is 5.75 Å². The first-order valence-electron chi connectivity index (χ1n) is 12.7. The van der Waals surface area contributed by atoms with Gasteiger partial charge in [0, 0.05) is 31.7 Å². The van der Waals surface area contributed by atoms with Gasteiger partial charge in [-0.05, 0) is 51.5 Å². The molecule has 0 saturated carbocycles. The van der Waals surface area contributed by atoms with Crippen LogP contribution in [0.25, 0.3) is 10.2 Å².